The maximum absolute atomic E-state index is 12.1. The normalized spacial score (nSPS) is 47.0. The molecule has 3 unspecified atom stereocenters. The maximum Gasteiger partial charge on any atom is 0.155 e. The molecule has 3 fully saturated rings. The van der Waals surface area contributed by atoms with E-state index < -0.39 is 0 Å². The van der Waals surface area contributed by atoms with Crippen LogP contribution in [0.4, 0.5) is 0 Å². The first-order chi connectivity index (χ1) is 14.4. The highest BCUT2D eigenvalue weighted by molar-refractivity contribution is 5.91. The predicted octanol–water partition coefficient (Wildman–Crippen LogP) is 5.38. The van der Waals surface area contributed by atoms with E-state index in [1.165, 1.54) is 24.0 Å². The Morgan fingerprint density at radius 1 is 1.27 bits per heavy atom. The zero-order valence-corrected chi connectivity index (χ0v) is 19.1. The summed E-state index contributed by atoms with van der Waals surface area (Å²) in [5.41, 5.74) is 6.26. The van der Waals surface area contributed by atoms with Gasteiger partial charge < -0.3 is 10.1 Å². The third-order valence-electron chi connectivity index (χ3n) is 9.38. The summed E-state index contributed by atoms with van der Waals surface area (Å²) >= 11 is 0. The molecule has 0 aromatic rings. The van der Waals surface area contributed by atoms with Gasteiger partial charge in [-0.2, -0.15) is 0 Å². The molecule has 0 aromatic heterocycles. The minimum Gasteiger partial charge on any atom is -0.376 e. The van der Waals surface area contributed by atoms with E-state index in [1.54, 1.807) is 11.1 Å². The van der Waals surface area contributed by atoms with E-state index in [1.807, 2.05) is 6.08 Å². The van der Waals surface area contributed by atoms with E-state index in [-0.39, 0.29) is 11.5 Å². The lowest BCUT2D eigenvalue weighted by Crippen LogP contribution is -2.50. The van der Waals surface area contributed by atoms with Crippen LogP contribution in [-0.2, 0) is 9.53 Å². The number of fused-ring (bicyclic) bond motifs is 6. The molecule has 0 radical (unpaired) electrons. The van der Waals surface area contributed by atoms with Crippen LogP contribution in [0.25, 0.3) is 0 Å². The third kappa shape index (κ3) is 3.37. The van der Waals surface area contributed by atoms with Crippen molar-refractivity contribution < 1.29 is 9.53 Å². The largest absolute Gasteiger partial charge is 0.376 e. The van der Waals surface area contributed by atoms with Crippen LogP contribution in [0.5, 0.6) is 0 Å². The number of piperidine rings is 1. The van der Waals surface area contributed by atoms with Gasteiger partial charge in [-0.25, -0.2) is 0 Å². The molecule has 1 N–H and O–H groups in total. The van der Waals surface area contributed by atoms with Crippen LogP contribution in [-0.4, -0.2) is 31.1 Å². The number of ether oxygens (including phenoxy) is 1. The van der Waals surface area contributed by atoms with E-state index in [0.29, 0.717) is 29.6 Å². The highest BCUT2D eigenvalue weighted by Gasteiger charge is 2.53. The van der Waals surface area contributed by atoms with Crippen LogP contribution in [0.3, 0.4) is 0 Å². The molecule has 2 heterocycles. The van der Waals surface area contributed by atoms with Crippen molar-refractivity contribution in [1.82, 2.24) is 5.32 Å². The summed E-state index contributed by atoms with van der Waals surface area (Å²) in [6.07, 6.45) is 11.0. The Hall–Kier alpha value is -1.19. The van der Waals surface area contributed by atoms with Gasteiger partial charge in [-0.3, -0.25) is 4.79 Å². The lowest BCUT2D eigenvalue weighted by atomic mass is 9.56. The standard InChI is InChI=1S/C27H39NO2/c1-16-11-25-26(28-15-16)18(3)12-17(2)23-14-24-22(21(23)8-10-30-25)6-5-19-13-20(29)7-9-27(19,24)4/h13,16,21-22,24-26,28H,3,5-12,14-15H2,1-2,4H3/b23-17-/t16-,21-,22-,24?,25?,26?,27-/m0/s1. The smallest absolute Gasteiger partial charge is 0.155 e. The van der Waals surface area contributed by atoms with Gasteiger partial charge in [-0.15, -0.1) is 0 Å². The summed E-state index contributed by atoms with van der Waals surface area (Å²) in [4.78, 5) is 12.1. The fourth-order valence-corrected chi connectivity index (χ4v) is 7.69. The van der Waals surface area contributed by atoms with Gasteiger partial charge in [0.25, 0.3) is 0 Å². The van der Waals surface area contributed by atoms with Crippen molar-refractivity contribution in [3.8, 4) is 0 Å². The van der Waals surface area contributed by atoms with Crippen molar-refractivity contribution in [2.75, 3.05) is 13.2 Å². The topological polar surface area (TPSA) is 38.3 Å². The number of hydrogen-bond acceptors (Lipinski definition) is 3. The first-order valence-corrected chi connectivity index (χ1v) is 12.3. The first kappa shape index (κ1) is 20.7. The second kappa shape index (κ2) is 7.74. The van der Waals surface area contributed by atoms with E-state index in [0.717, 1.165) is 57.6 Å². The minimum absolute atomic E-state index is 0.222. The summed E-state index contributed by atoms with van der Waals surface area (Å²) < 4.78 is 6.53. The second-order valence-corrected chi connectivity index (χ2v) is 11.2. The molecule has 2 aliphatic heterocycles. The van der Waals surface area contributed by atoms with Crippen molar-refractivity contribution >= 4 is 5.78 Å². The fraction of sp³-hybridized carbons (Fsp3) is 0.741. The quantitative estimate of drug-likeness (QED) is 0.546. The zero-order chi connectivity index (χ0) is 21.0. The molecule has 1 saturated heterocycles. The molecular formula is C27H39NO2. The highest BCUT2D eigenvalue weighted by Crippen LogP contribution is 2.62. The lowest BCUT2D eigenvalue weighted by molar-refractivity contribution is -0.116. The molecule has 164 valence electrons. The monoisotopic (exact) mass is 409 g/mol. The molecule has 7 atom stereocenters. The molecule has 5 rings (SSSR count). The molecule has 0 amide bonds. The van der Waals surface area contributed by atoms with Crippen molar-refractivity contribution in [3.05, 3.63) is 34.9 Å². The van der Waals surface area contributed by atoms with Crippen molar-refractivity contribution in [2.24, 2.45) is 29.1 Å². The summed E-state index contributed by atoms with van der Waals surface area (Å²) in [5, 5.41) is 3.73. The number of rotatable bonds is 0. The molecule has 3 aliphatic carbocycles. The third-order valence-corrected chi connectivity index (χ3v) is 9.38. The van der Waals surface area contributed by atoms with Gasteiger partial charge in [0.05, 0.1) is 12.1 Å². The summed E-state index contributed by atoms with van der Waals surface area (Å²) in [6, 6.07) is 0.299. The van der Waals surface area contributed by atoms with E-state index in [4.69, 9.17) is 4.74 Å². The molecule has 5 aliphatic rings. The summed E-state index contributed by atoms with van der Waals surface area (Å²) in [7, 11) is 0. The average molecular weight is 410 g/mol. The molecule has 3 heteroatoms. The Morgan fingerprint density at radius 2 is 2.10 bits per heavy atom. The zero-order valence-electron chi connectivity index (χ0n) is 19.1. The van der Waals surface area contributed by atoms with Crippen LogP contribution in [0.1, 0.15) is 72.1 Å². The molecular weight excluding hydrogens is 370 g/mol. The molecule has 0 spiro atoms. The molecule has 2 saturated carbocycles. The van der Waals surface area contributed by atoms with Gasteiger partial charge in [0, 0.05) is 13.0 Å². The Balaban J connectivity index is 1.45. The van der Waals surface area contributed by atoms with Crippen LogP contribution >= 0.6 is 0 Å². The highest BCUT2D eigenvalue weighted by atomic mass is 16.5. The molecule has 30 heavy (non-hydrogen) atoms. The number of nitrogens with one attached hydrogen (secondary N) is 1. The van der Waals surface area contributed by atoms with Crippen LogP contribution in [0.2, 0.25) is 0 Å². The van der Waals surface area contributed by atoms with Crippen LogP contribution in [0, 0.1) is 29.1 Å². The predicted molar refractivity (Wildman–Crippen MR) is 121 cm³/mol. The fourth-order valence-electron chi connectivity index (χ4n) is 7.69. The SMILES string of the molecule is C=C1C/C(C)=C2/CC3[C@@H](CCC4=CC(=O)CC[C@@]43C)[C@@H]2CCOC2C[C@H](C)CNC12. The lowest BCUT2D eigenvalue weighted by Gasteiger charge is -2.48. The summed E-state index contributed by atoms with van der Waals surface area (Å²) in [5.74, 6) is 3.12. The summed E-state index contributed by atoms with van der Waals surface area (Å²) in [6.45, 7) is 13.6. The van der Waals surface area contributed by atoms with Gasteiger partial charge in [0.2, 0.25) is 0 Å². The molecule has 0 aromatic carbocycles. The van der Waals surface area contributed by atoms with Gasteiger partial charge in [0.15, 0.2) is 5.78 Å². The Bertz CT molecular complexity index is 808. The molecule has 0 bridgehead atoms. The Labute approximate surface area is 182 Å². The first-order valence-electron chi connectivity index (χ1n) is 12.3. The Kier molecular flexibility index (Phi) is 5.34. The molecule has 3 nitrogen and oxygen atoms in total. The van der Waals surface area contributed by atoms with E-state index in [9.17, 15) is 4.79 Å². The van der Waals surface area contributed by atoms with Gasteiger partial charge >= 0.3 is 0 Å². The number of ketones is 1. The van der Waals surface area contributed by atoms with Crippen molar-refractivity contribution in [3.63, 3.8) is 0 Å². The number of carbonyl (C=O) groups excluding carboxylic acids is 1. The maximum atomic E-state index is 12.1. The van der Waals surface area contributed by atoms with Crippen molar-refractivity contribution in [1.29, 1.82) is 0 Å². The van der Waals surface area contributed by atoms with E-state index in [2.05, 4.69) is 32.7 Å². The van der Waals surface area contributed by atoms with Gasteiger partial charge in [-0.1, -0.05) is 42.7 Å². The minimum atomic E-state index is 0.222. The number of allylic oxidation sites excluding steroid dienone is 4. The Morgan fingerprint density at radius 3 is 2.93 bits per heavy atom. The number of hydrogen-bond donors (Lipinski definition) is 1. The van der Waals surface area contributed by atoms with Gasteiger partial charge in [0.1, 0.15) is 0 Å². The van der Waals surface area contributed by atoms with Crippen LogP contribution < -0.4 is 5.32 Å². The average Bonchev–Trinajstić information content (AvgIpc) is 3.08. The van der Waals surface area contributed by atoms with Crippen LogP contribution in [0.15, 0.2) is 34.9 Å². The van der Waals surface area contributed by atoms with E-state index >= 15 is 0 Å². The van der Waals surface area contributed by atoms with Gasteiger partial charge in [-0.05, 0) is 93.6 Å². The number of carbonyl (C=O) groups is 1. The van der Waals surface area contributed by atoms with Crippen molar-refractivity contribution in [2.45, 2.75) is 84.3 Å². The second-order valence-electron chi connectivity index (χ2n) is 11.2.